The van der Waals surface area contributed by atoms with E-state index >= 15 is 0 Å². The summed E-state index contributed by atoms with van der Waals surface area (Å²) in [7, 11) is 0. The number of H-pyrrole nitrogens is 1. The van der Waals surface area contributed by atoms with Crippen LogP contribution in [0.1, 0.15) is 5.56 Å². The largest absolute Gasteiger partial charge is 0.383 e. The van der Waals surface area contributed by atoms with Crippen LogP contribution in [0, 0.1) is 11.3 Å². The van der Waals surface area contributed by atoms with Crippen LogP contribution >= 0.6 is 23.2 Å². The van der Waals surface area contributed by atoms with Crippen molar-refractivity contribution in [1.82, 2.24) is 9.97 Å². The summed E-state index contributed by atoms with van der Waals surface area (Å²) in [5, 5.41) is 10.3. The molecule has 22 heavy (non-hydrogen) atoms. The highest BCUT2D eigenvalue weighted by atomic mass is 35.5. The van der Waals surface area contributed by atoms with Gasteiger partial charge in [-0.1, -0.05) is 23.2 Å². The molecule has 0 saturated carbocycles. The molecule has 0 unspecified atom stereocenters. The average molecular weight is 329 g/mol. The van der Waals surface area contributed by atoms with E-state index in [-0.39, 0.29) is 5.82 Å². The zero-order valence-electron chi connectivity index (χ0n) is 11.3. The molecule has 3 rings (SSSR count). The van der Waals surface area contributed by atoms with Crippen LogP contribution in [0.15, 0.2) is 42.6 Å². The normalized spacial score (nSPS) is 10.4. The minimum Gasteiger partial charge on any atom is -0.383 e. The predicted molar refractivity (Wildman–Crippen MR) is 88.6 cm³/mol. The summed E-state index contributed by atoms with van der Waals surface area (Å²) in [5.41, 5.74) is 9.03. The summed E-state index contributed by atoms with van der Waals surface area (Å²) in [6, 6.07) is 12.7. The van der Waals surface area contributed by atoms with Crippen molar-refractivity contribution >= 4 is 29.0 Å². The highest BCUT2D eigenvalue weighted by molar-refractivity contribution is 6.36. The number of aromatic amines is 1. The van der Waals surface area contributed by atoms with Gasteiger partial charge in [0, 0.05) is 28.0 Å². The maximum Gasteiger partial charge on any atom is 0.142 e. The lowest BCUT2D eigenvalue weighted by Crippen LogP contribution is -2.00. The number of nitrogens with two attached hydrogens (primary N) is 1. The van der Waals surface area contributed by atoms with Crippen LogP contribution < -0.4 is 5.73 Å². The monoisotopic (exact) mass is 328 g/mol. The van der Waals surface area contributed by atoms with Gasteiger partial charge in [-0.05, 0) is 36.4 Å². The summed E-state index contributed by atoms with van der Waals surface area (Å²) < 4.78 is 0. The third kappa shape index (κ3) is 2.52. The van der Waals surface area contributed by atoms with Crippen molar-refractivity contribution in [1.29, 1.82) is 5.26 Å². The van der Waals surface area contributed by atoms with E-state index < -0.39 is 0 Å². The van der Waals surface area contributed by atoms with Gasteiger partial charge in [-0.25, -0.2) is 4.98 Å². The first-order valence-corrected chi connectivity index (χ1v) is 7.15. The van der Waals surface area contributed by atoms with Gasteiger partial charge in [0.15, 0.2) is 0 Å². The Bertz CT molecular complexity index is 880. The highest BCUT2D eigenvalue weighted by Crippen LogP contribution is 2.34. The minimum atomic E-state index is 0.163. The Hall–Kier alpha value is -2.48. The van der Waals surface area contributed by atoms with Crippen molar-refractivity contribution < 1.29 is 0 Å². The molecular formula is C16H10Cl2N4. The highest BCUT2D eigenvalue weighted by Gasteiger charge is 2.15. The molecule has 2 heterocycles. The van der Waals surface area contributed by atoms with Crippen molar-refractivity contribution in [2.45, 2.75) is 0 Å². The van der Waals surface area contributed by atoms with Crippen LogP contribution in [0.5, 0.6) is 0 Å². The molecule has 6 heteroatoms. The molecule has 3 aromatic rings. The van der Waals surface area contributed by atoms with Crippen molar-refractivity contribution in [2.24, 2.45) is 0 Å². The number of hydrogen-bond acceptors (Lipinski definition) is 3. The molecule has 4 nitrogen and oxygen atoms in total. The molecule has 0 atom stereocenters. The quantitative estimate of drug-likeness (QED) is 0.726. The zero-order chi connectivity index (χ0) is 15.7. The molecule has 0 radical (unpaired) electrons. The molecule has 0 saturated heterocycles. The molecule has 0 bridgehead atoms. The van der Waals surface area contributed by atoms with Gasteiger partial charge in [0.05, 0.1) is 10.7 Å². The summed E-state index contributed by atoms with van der Waals surface area (Å²) in [5.74, 6) is 0.163. The van der Waals surface area contributed by atoms with Gasteiger partial charge in [0.25, 0.3) is 0 Å². The molecule has 0 aliphatic rings. The first-order chi connectivity index (χ1) is 10.6. The average Bonchev–Trinajstić information content (AvgIpc) is 3.00. The molecule has 0 spiro atoms. The molecular weight excluding hydrogens is 319 g/mol. The Kier molecular flexibility index (Phi) is 3.76. The van der Waals surface area contributed by atoms with Gasteiger partial charge in [-0.3, -0.25) is 0 Å². The molecule has 0 aliphatic carbocycles. The number of rotatable bonds is 2. The first-order valence-electron chi connectivity index (χ1n) is 6.40. The smallest absolute Gasteiger partial charge is 0.142 e. The molecule has 2 aromatic heterocycles. The number of nitrogens with one attached hydrogen (secondary N) is 1. The maximum atomic E-state index is 9.32. The predicted octanol–water partition coefficient (Wildman–Crippen LogP) is 4.50. The number of halogens is 2. The van der Waals surface area contributed by atoms with E-state index in [1.54, 1.807) is 30.5 Å². The molecule has 108 valence electrons. The van der Waals surface area contributed by atoms with E-state index in [9.17, 15) is 5.26 Å². The Labute approximate surface area is 137 Å². The topological polar surface area (TPSA) is 78.5 Å². The van der Waals surface area contributed by atoms with E-state index in [1.807, 2.05) is 12.1 Å². The molecule has 1 aromatic carbocycles. The minimum absolute atomic E-state index is 0.163. The second-order valence-corrected chi connectivity index (χ2v) is 5.48. The van der Waals surface area contributed by atoms with Crippen LogP contribution in [-0.4, -0.2) is 9.97 Å². The van der Waals surface area contributed by atoms with Crippen LogP contribution in [0.3, 0.4) is 0 Å². The number of hydrogen-bond donors (Lipinski definition) is 2. The van der Waals surface area contributed by atoms with Gasteiger partial charge in [-0.15, -0.1) is 0 Å². The van der Waals surface area contributed by atoms with Crippen molar-refractivity contribution in [3.8, 4) is 28.6 Å². The van der Waals surface area contributed by atoms with Crippen molar-refractivity contribution in [3.05, 3.63) is 58.2 Å². The molecule has 0 amide bonds. The fourth-order valence-corrected chi connectivity index (χ4v) is 2.73. The lowest BCUT2D eigenvalue weighted by Gasteiger charge is -2.10. The second-order valence-electron chi connectivity index (χ2n) is 4.64. The van der Waals surface area contributed by atoms with E-state index in [4.69, 9.17) is 28.9 Å². The first kappa shape index (κ1) is 14.5. The van der Waals surface area contributed by atoms with Gasteiger partial charge in [0.2, 0.25) is 0 Å². The lowest BCUT2D eigenvalue weighted by molar-refractivity contribution is 1.29. The fraction of sp³-hybridized carbons (Fsp3) is 0. The summed E-state index contributed by atoms with van der Waals surface area (Å²) in [6.07, 6.45) is 1.78. The zero-order valence-corrected chi connectivity index (χ0v) is 12.8. The summed E-state index contributed by atoms with van der Waals surface area (Å²) in [4.78, 5) is 7.36. The number of nitrogens with zero attached hydrogens (tertiary/aromatic N) is 2. The summed E-state index contributed by atoms with van der Waals surface area (Å²) >= 11 is 12.1. The molecule has 0 aliphatic heterocycles. The van der Waals surface area contributed by atoms with E-state index in [0.29, 0.717) is 32.4 Å². The van der Waals surface area contributed by atoms with Crippen LogP contribution in [0.2, 0.25) is 10.0 Å². The molecule has 0 fully saturated rings. The van der Waals surface area contributed by atoms with Crippen LogP contribution in [0.25, 0.3) is 22.5 Å². The van der Waals surface area contributed by atoms with Gasteiger partial charge in [0.1, 0.15) is 17.5 Å². The Morgan fingerprint density at radius 3 is 2.59 bits per heavy atom. The SMILES string of the molecule is N#Cc1c(-c2ccc[nH]2)cc(-c2ccc(Cl)cc2Cl)nc1N. The maximum absolute atomic E-state index is 9.32. The standard InChI is InChI=1S/C16H10Cl2N4/c17-9-3-4-10(13(18)6-9)15-7-11(14-2-1-5-21-14)12(8-19)16(20)22-15/h1-7,21H,(H2,20,22). The van der Waals surface area contributed by atoms with Crippen molar-refractivity contribution in [2.75, 3.05) is 5.73 Å². The third-order valence-electron chi connectivity index (χ3n) is 3.25. The van der Waals surface area contributed by atoms with E-state index in [1.165, 1.54) is 0 Å². The van der Waals surface area contributed by atoms with Crippen molar-refractivity contribution in [3.63, 3.8) is 0 Å². The van der Waals surface area contributed by atoms with Crippen LogP contribution in [-0.2, 0) is 0 Å². The second kappa shape index (κ2) is 5.72. The molecule has 3 N–H and O–H groups in total. The summed E-state index contributed by atoms with van der Waals surface area (Å²) in [6.45, 7) is 0. The Morgan fingerprint density at radius 1 is 1.14 bits per heavy atom. The number of benzene rings is 1. The van der Waals surface area contributed by atoms with E-state index in [0.717, 1.165) is 5.69 Å². The van der Waals surface area contributed by atoms with Gasteiger partial charge >= 0.3 is 0 Å². The number of anilines is 1. The number of nitrogen functional groups attached to an aromatic ring is 1. The Morgan fingerprint density at radius 2 is 1.95 bits per heavy atom. The van der Waals surface area contributed by atoms with E-state index in [2.05, 4.69) is 16.0 Å². The fourth-order valence-electron chi connectivity index (χ4n) is 2.23. The van der Waals surface area contributed by atoms with Gasteiger partial charge < -0.3 is 10.7 Å². The Balaban J connectivity index is 2.25. The van der Waals surface area contributed by atoms with Crippen LogP contribution in [0.4, 0.5) is 5.82 Å². The number of aromatic nitrogens is 2. The third-order valence-corrected chi connectivity index (χ3v) is 3.80. The number of pyridine rings is 1. The lowest BCUT2D eigenvalue weighted by atomic mass is 10.0. The van der Waals surface area contributed by atoms with Gasteiger partial charge in [-0.2, -0.15) is 5.26 Å². The number of nitriles is 1.